The lowest BCUT2D eigenvalue weighted by Gasteiger charge is -2.32. The Morgan fingerprint density at radius 1 is 1.32 bits per heavy atom. The van der Waals surface area contributed by atoms with Gasteiger partial charge in [0.2, 0.25) is 5.13 Å². The topological polar surface area (TPSA) is 41.1 Å². The number of anilines is 1. The normalized spacial score (nSPS) is 18.4. The molecule has 0 amide bonds. The largest absolute Gasteiger partial charge is 0.360 e. The number of aromatic nitrogens is 2. The first-order valence-electron chi connectivity index (χ1n) is 7.23. The lowest BCUT2D eigenvalue weighted by molar-refractivity contribution is 0.215. The Balaban J connectivity index is 1.94. The molecule has 0 aliphatic heterocycles. The standard InChI is InChI=1S/C14H26N4S/c1-11(2)12-16-13(19-17-12)15-9-14(10-18(3)4)7-5-6-8-14/h11H,5-10H2,1-4H3,(H,15,16,17). The van der Waals surface area contributed by atoms with E-state index in [1.54, 1.807) is 0 Å². The van der Waals surface area contributed by atoms with Gasteiger partial charge in [-0.1, -0.05) is 26.7 Å². The second kappa shape index (κ2) is 6.18. The molecule has 108 valence electrons. The first-order valence-corrected chi connectivity index (χ1v) is 8.00. The van der Waals surface area contributed by atoms with E-state index in [0.29, 0.717) is 11.3 Å². The summed E-state index contributed by atoms with van der Waals surface area (Å²) >= 11 is 1.49. The summed E-state index contributed by atoms with van der Waals surface area (Å²) in [5.41, 5.74) is 0.424. The van der Waals surface area contributed by atoms with Crippen LogP contribution >= 0.6 is 11.5 Å². The highest BCUT2D eigenvalue weighted by Gasteiger charge is 2.34. The Morgan fingerprint density at radius 3 is 2.53 bits per heavy atom. The van der Waals surface area contributed by atoms with Crippen molar-refractivity contribution in [3.8, 4) is 0 Å². The molecule has 4 nitrogen and oxygen atoms in total. The van der Waals surface area contributed by atoms with E-state index in [-0.39, 0.29) is 0 Å². The second-order valence-electron chi connectivity index (χ2n) is 6.41. The number of nitrogens with one attached hydrogen (secondary N) is 1. The van der Waals surface area contributed by atoms with Gasteiger partial charge in [0.25, 0.3) is 0 Å². The van der Waals surface area contributed by atoms with Crippen molar-refractivity contribution in [1.29, 1.82) is 0 Å². The summed E-state index contributed by atoms with van der Waals surface area (Å²) in [6.45, 7) is 6.46. The van der Waals surface area contributed by atoms with Crippen LogP contribution in [0.3, 0.4) is 0 Å². The molecule has 19 heavy (non-hydrogen) atoms. The molecule has 1 heterocycles. The van der Waals surface area contributed by atoms with Crippen LogP contribution in [0.1, 0.15) is 51.3 Å². The van der Waals surface area contributed by atoms with E-state index in [0.717, 1.165) is 24.0 Å². The molecule has 1 aliphatic rings. The van der Waals surface area contributed by atoms with Crippen molar-refractivity contribution in [2.75, 3.05) is 32.5 Å². The van der Waals surface area contributed by atoms with Crippen LogP contribution in [-0.2, 0) is 0 Å². The van der Waals surface area contributed by atoms with Gasteiger partial charge >= 0.3 is 0 Å². The minimum Gasteiger partial charge on any atom is -0.360 e. The Bertz CT molecular complexity index is 394. The van der Waals surface area contributed by atoms with Gasteiger partial charge in [-0.2, -0.15) is 4.37 Å². The molecule has 0 atom stereocenters. The Hall–Kier alpha value is -0.680. The number of rotatable bonds is 6. The summed E-state index contributed by atoms with van der Waals surface area (Å²) in [5.74, 6) is 1.37. The van der Waals surface area contributed by atoms with Gasteiger partial charge in [-0.3, -0.25) is 0 Å². The molecule has 1 fully saturated rings. The summed E-state index contributed by atoms with van der Waals surface area (Å²) in [6, 6.07) is 0. The molecule has 1 N–H and O–H groups in total. The maximum atomic E-state index is 4.56. The van der Waals surface area contributed by atoms with Crippen LogP contribution in [0.25, 0.3) is 0 Å². The molecule has 2 rings (SSSR count). The van der Waals surface area contributed by atoms with Gasteiger partial charge in [0, 0.05) is 36.0 Å². The molecule has 0 bridgehead atoms. The molecule has 5 heteroatoms. The van der Waals surface area contributed by atoms with Crippen LogP contribution in [0.5, 0.6) is 0 Å². The third kappa shape index (κ3) is 3.89. The lowest BCUT2D eigenvalue weighted by Crippen LogP contribution is -2.37. The van der Waals surface area contributed by atoms with Gasteiger partial charge in [-0.15, -0.1) is 0 Å². The number of hydrogen-bond donors (Lipinski definition) is 1. The SMILES string of the molecule is CC(C)c1nsc(NCC2(CN(C)C)CCCC2)n1. The van der Waals surface area contributed by atoms with E-state index in [1.165, 1.54) is 37.2 Å². The minimum absolute atomic E-state index is 0.411. The van der Waals surface area contributed by atoms with Gasteiger partial charge in [0.05, 0.1) is 0 Å². The summed E-state index contributed by atoms with van der Waals surface area (Å²) in [5, 5.41) is 4.51. The van der Waals surface area contributed by atoms with Crippen molar-refractivity contribution < 1.29 is 0 Å². The van der Waals surface area contributed by atoms with E-state index < -0.39 is 0 Å². The zero-order chi connectivity index (χ0) is 13.9. The molecule has 1 saturated carbocycles. The van der Waals surface area contributed by atoms with Crippen molar-refractivity contribution in [2.45, 2.75) is 45.4 Å². The smallest absolute Gasteiger partial charge is 0.202 e. The Kier molecular flexibility index (Phi) is 4.79. The zero-order valence-corrected chi connectivity index (χ0v) is 13.4. The highest BCUT2D eigenvalue weighted by atomic mass is 32.1. The Morgan fingerprint density at radius 2 is 2.00 bits per heavy atom. The fraction of sp³-hybridized carbons (Fsp3) is 0.857. The molecule has 0 radical (unpaired) electrons. The van der Waals surface area contributed by atoms with Crippen molar-refractivity contribution in [3.63, 3.8) is 0 Å². The molecule has 0 spiro atoms. The maximum absolute atomic E-state index is 4.56. The molecule has 1 aromatic heterocycles. The fourth-order valence-electron chi connectivity index (χ4n) is 2.99. The van der Waals surface area contributed by atoms with Crippen molar-refractivity contribution in [3.05, 3.63) is 5.82 Å². The third-order valence-corrected chi connectivity index (χ3v) is 4.58. The molecule has 1 aromatic rings. The van der Waals surface area contributed by atoms with E-state index in [4.69, 9.17) is 0 Å². The van der Waals surface area contributed by atoms with Crippen LogP contribution in [-0.4, -0.2) is 41.4 Å². The fourth-order valence-corrected chi connectivity index (χ4v) is 3.69. The van der Waals surface area contributed by atoms with E-state index in [1.807, 2.05) is 0 Å². The highest BCUT2D eigenvalue weighted by molar-refractivity contribution is 7.09. The first kappa shape index (κ1) is 14.7. The van der Waals surface area contributed by atoms with Crippen molar-refractivity contribution in [1.82, 2.24) is 14.3 Å². The van der Waals surface area contributed by atoms with E-state index in [9.17, 15) is 0 Å². The third-order valence-electron chi connectivity index (χ3n) is 3.89. The quantitative estimate of drug-likeness (QED) is 0.870. The molecular weight excluding hydrogens is 256 g/mol. The number of hydrogen-bond acceptors (Lipinski definition) is 5. The molecule has 0 aromatic carbocycles. The van der Waals surface area contributed by atoms with Crippen LogP contribution in [0.2, 0.25) is 0 Å². The van der Waals surface area contributed by atoms with Gasteiger partial charge in [0.1, 0.15) is 5.82 Å². The summed E-state index contributed by atoms with van der Waals surface area (Å²) in [4.78, 5) is 6.88. The van der Waals surface area contributed by atoms with Crippen molar-refractivity contribution in [2.24, 2.45) is 5.41 Å². The highest BCUT2D eigenvalue weighted by Crippen LogP contribution is 2.38. The second-order valence-corrected chi connectivity index (χ2v) is 7.16. The lowest BCUT2D eigenvalue weighted by atomic mass is 9.85. The predicted octanol–water partition coefficient (Wildman–Crippen LogP) is 3.20. The van der Waals surface area contributed by atoms with Crippen LogP contribution in [0.15, 0.2) is 0 Å². The first-order chi connectivity index (χ1) is 9.01. The number of nitrogens with zero attached hydrogens (tertiary/aromatic N) is 3. The van der Waals surface area contributed by atoms with Crippen LogP contribution < -0.4 is 5.32 Å². The van der Waals surface area contributed by atoms with Crippen LogP contribution in [0, 0.1) is 5.41 Å². The zero-order valence-electron chi connectivity index (χ0n) is 12.6. The van der Waals surface area contributed by atoms with E-state index >= 15 is 0 Å². The minimum atomic E-state index is 0.411. The molecule has 0 unspecified atom stereocenters. The maximum Gasteiger partial charge on any atom is 0.202 e. The monoisotopic (exact) mass is 282 g/mol. The molecule has 0 saturated heterocycles. The van der Waals surface area contributed by atoms with Gasteiger partial charge in [-0.05, 0) is 26.9 Å². The van der Waals surface area contributed by atoms with Gasteiger partial charge in [0.15, 0.2) is 0 Å². The van der Waals surface area contributed by atoms with E-state index in [2.05, 4.69) is 47.5 Å². The average Bonchev–Trinajstić information content (AvgIpc) is 2.94. The predicted molar refractivity (Wildman–Crippen MR) is 81.9 cm³/mol. The Labute approximate surface area is 120 Å². The summed E-state index contributed by atoms with van der Waals surface area (Å²) < 4.78 is 4.40. The summed E-state index contributed by atoms with van der Waals surface area (Å²) in [7, 11) is 4.34. The van der Waals surface area contributed by atoms with Crippen LogP contribution in [0.4, 0.5) is 5.13 Å². The molecule has 1 aliphatic carbocycles. The molecular formula is C14H26N4S. The average molecular weight is 282 g/mol. The van der Waals surface area contributed by atoms with Gasteiger partial charge < -0.3 is 10.2 Å². The summed E-state index contributed by atoms with van der Waals surface area (Å²) in [6.07, 6.45) is 5.38. The van der Waals surface area contributed by atoms with Gasteiger partial charge in [-0.25, -0.2) is 4.98 Å². The van der Waals surface area contributed by atoms with Crippen molar-refractivity contribution >= 4 is 16.7 Å².